The van der Waals surface area contributed by atoms with Crippen molar-refractivity contribution in [2.45, 2.75) is 44.4 Å². The summed E-state index contributed by atoms with van der Waals surface area (Å²) in [5, 5.41) is 7.21. The maximum absolute atomic E-state index is 13.6. The molecule has 0 radical (unpaired) electrons. The molecule has 1 aromatic carbocycles. The first kappa shape index (κ1) is 21.4. The van der Waals surface area contributed by atoms with Gasteiger partial charge in [0, 0.05) is 41.0 Å². The quantitative estimate of drug-likeness (QED) is 0.619. The Balaban J connectivity index is 1.32. The maximum atomic E-state index is 13.6. The minimum atomic E-state index is -4.56. The third kappa shape index (κ3) is 4.05. The van der Waals surface area contributed by atoms with Gasteiger partial charge in [-0.3, -0.25) is 9.89 Å². The Bertz CT molecular complexity index is 1180. The molecule has 3 atom stereocenters. The third-order valence-electron chi connectivity index (χ3n) is 6.39. The van der Waals surface area contributed by atoms with Crippen LogP contribution in [0.25, 0.3) is 11.3 Å². The predicted octanol–water partition coefficient (Wildman–Crippen LogP) is 4.27. The number of hydrogen-bond donors (Lipinski definition) is 1. The second-order valence-corrected chi connectivity index (χ2v) is 8.52. The van der Waals surface area contributed by atoms with E-state index in [1.165, 1.54) is 0 Å². The molecule has 2 bridgehead atoms. The Labute approximate surface area is 188 Å². The second kappa shape index (κ2) is 8.17. The number of amides is 1. The first-order valence-corrected chi connectivity index (χ1v) is 10.8. The van der Waals surface area contributed by atoms with Crippen LogP contribution in [0.2, 0.25) is 0 Å². The highest BCUT2D eigenvalue weighted by atomic mass is 19.4. The summed E-state index contributed by atoms with van der Waals surface area (Å²) in [5.41, 5.74) is 1.93. The molecular weight excluding hydrogens is 435 g/mol. The first-order valence-electron chi connectivity index (χ1n) is 10.8. The van der Waals surface area contributed by atoms with E-state index in [4.69, 9.17) is 4.74 Å². The molecule has 33 heavy (non-hydrogen) atoms. The highest BCUT2D eigenvalue weighted by Gasteiger charge is 2.49. The number of ether oxygens (including phenoxy) is 1. The number of nitrogens with one attached hydrogen (secondary N) is 1. The van der Waals surface area contributed by atoms with Crippen LogP contribution in [0.3, 0.4) is 0 Å². The van der Waals surface area contributed by atoms with Crippen LogP contribution in [0.15, 0.2) is 42.6 Å². The van der Waals surface area contributed by atoms with Gasteiger partial charge in [0.15, 0.2) is 5.69 Å². The van der Waals surface area contributed by atoms with Crippen molar-refractivity contribution in [1.82, 2.24) is 25.1 Å². The summed E-state index contributed by atoms with van der Waals surface area (Å²) in [6, 6.07) is 9.84. The second-order valence-electron chi connectivity index (χ2n) is 8.52. The average molecular weight is 457 g/mol. The third-order valence-corrected chi connectivity index (χ3v) is 6.39. The van der Waals surface area contributed by atoms with Gasteiger partial charge in [-0.15, -0.1) is 0 Å². The zero-order chi connectivity index (χ0) is 23.2. The average Bonchev–Trinajstić information content (AvgIpc) is 3.51. The van der Waals surface area contributed by atoms with Crippen LogP contribution in [-0.2, 0) is 6.18 Å². The minimum absolute atomic E-state index is 0.00522. The zero-order valence-corrected chi connectivity index (χ0v) is 17.8. The zero-order valence-electron chi connectivity index (χ0n) is 17.8. The van der Waals surface area contributed by atoms with E-state index in [0.717, 1.165) is 42.8 Å². The van der Waals surface area contributed by atoms with Crippen molar-refractivity contribution in [2.24, 2.45) is 5.92 Å². The summed E-state index contributed by atoms with van der Waals surface area (Å²) in [7, 11) is 0. The topological polar surface area (TPSA) is 84.0 Å². The van der Waals surface area contributed by atoms with E-state index in [9.17, 15) is 18.0 Å². The van der Waals surface area contributed by atoms with E-state index in [1.54, 1.807) is 6.07 Å². The number of aryl methyl sites for hydroxylation is 1. The molecule has 1 N–H and O–H groups in total. The lowest BCUT2D eigenvalue weighted by Crippen LogP contribution is -2.37. The Morgan fingerprint density at radius 1 is 1.24 bits per heavy atom. The van der Waals surface area contributed by atoms with Crippen LogP contribution in [0.5, 0.6) is 6.01 Å². The highest BCUT2D eigenvalue weighted by Crippen LogP contribution is 2.43. The van der Waals surface area contributed by atoms with Gasteiger partial charge in [0.1, 0.15) is 0 Å². The molecule has 3 aromatic rings. The number of hydrogen-bond acceptors (Lipinski definition) is 5. The Kier molecular flexibility index (Phi) is 5.30. The SMILES string of the molecule is Cc1cc(-c2ccccc2C(=O)N2C3CCC2C(COc2nccc(C(F)(F)F)n2)C3)n[nH]1. The molecule has 0 saturated carbocycles. The van der Waals surface area contributed by atoms with E-state index in [-0.39, 0.29) is 36.5 Å². The van der Waals surface area contributed by atoms with Crippen LogP contribution in [0.4, 0.5) is 13.2 Å². The maximum Gasteiger partial charge on any atom is 0.433 e. The molecule has 10 heteroatoms. The number of carbonyl (C=O) groups is 1. The van der Waals surface area contributed by atoms with Crippen LogP contribution in [0.1, 0.15) is 41.0 Å². The van der Waals surface area contributed by atoms with E-state index in [0.29, 0.717) is 11.3 Å². The number of nitrogens with zero attached hydrogens (tertiary/aromatic N) is 4. The Morgan fingerprint density at radius 2 is 2.06 bits per heavy atom. The number of fused-ring (bicyclic) bond motifs is 2. The van der Waals surface area contributed by atoms with Crippen molar-refractivity contribution in [1.29, 1.82) is 0 Å². The van der Waals surface area contributed by atoms with Gasteiger partial charge in [0.2, 0.25) is 0 Å². The first-order chi connectivity index (χ1) is 15.8. The molecule has 172 valence electrons. The van der Waals surface area contributed by atoms with Gasteiger partial charge in [0.05, 0.1) is 12.3 Å². The molecule has 0 spiro atoms. The molecule has 2 aromatic heterocycles. The Hall–Kier alpha value is -3.43. The normalized spacial score (nSPS) is 22.1. The summed E-state index contributed by atoms with van der Waals surface area (Å²) < 4.78 is 44.2. The standard InChI is InChI=1S/C23H22F3N5O2/c1-13-10-18(30-29-13)16-4-2-3-5-17(16)21(32)31-15-6-7-19(31)14(11-15)12-33-22-27-9-8-20(28-22)23(24,25)26/h2-5,8-10,14-15,19H,6-7,11-12H2,1H3,(H,29,30). The number of aromatic nitrogens is 4. The van der Waals surface area contributed by atoms with E-state index in [2.05, 4.69) is 20.2 Å². The number of rotatable bonds is 5. The van der Waals surface area contributed by atoms with Crippen LogP contribution in [-0.4, -0.2) is 49.7 Å². The molecule has 0 aliphatic carbocycles. The summed E-state index contributed by atoms with van der Waals surface area (Å²) in [6.45, 7) is 2.06. The molecule has 5 rings (SSSR count). The molecule has 3 unspecified atom stereocenters. The fourth-order valence-corrected chi connectivity index (χ4v) is 4.95. The molecule has 7 nitrogen and oxygen atoms in total. The number of alkyl halides is 3. The smallest absolute Gasteiger partial charge is 0.433 e. The van der Waals surface area contributed by atoms with Crippen molar-refractivity contribution in [2.75, 3.05) is 6.61 Å². The molecule has 2 aliphatic rings. The number of halogens is 3. The van der Waals surface area contributed by atoms with Gasteiger partial charge in [0.25, 0.3) is 5.91 Å². The highest BCUT2D eigenvalue weighted by molar-refractivity contribution is 6.01. The summed E-state index contributed by atoms with van der Waals surface area (Å²) in [4.78, 5) is 22.8. The van der Waals surface area contributed by atoms with E-state index < -0.39 is 11.9 Å². The lowest BCUT2D eigenvalue weighted by Gasteiger charge is -2.25. The van der Waals surface area contributed by atoms with Crippen molar-refractivity contribution in [3.8, 4) is 17.3 Å². The number of carbonyl (C=O) groups excluding carboxylic acids is 1. The minimum Gasteiger partial charge on any atom is -0.463 e. The fraction of sp³-hybridized carbons (Fsp3) is 0.391. The summed E-state index contributed by atoms with van der Waals surface area (Å²) >= 11 is 0. The Morgan fingerprint density at radius 3 is 2.82 bits per heavy atom. The van der Waals surface area contributed by atoms with Crippen LogP contribution >= 0.6 is 0 Å². The van der Waals surface area contributed by atoms with Gasteiger partial charge in [-0.25, -0.2) is 4.98 Å². The van der Waals surface area contributed by atoms with Crippen LogP contribution in [0, 0.1) is 12.8 Å². The monoisotopic (exact) mass is 457 g/mol. The summed E-state index contributed by atoms with van der Waals surface area (Å²) in [6.07, 6.45) is -1.06. The van der Waals surface area contributed by atoms with Crippen molar-refractivity contribution < 1.29 is 22.7 Å². The number of aromatic amines is 1. The lowest BCUT2D eigenvalue weighted by atomic mass is 9.90. The van der Waals surface area contributed by atoms with Crippen molar-refractivity contribution in [3.63, 3.8) is 0 Å². The molecular formula is C23H22F3N5O2. The number of benzene rings is 1. The van der Waals surface area contributed by atoms with Crippen LogP contribution < -0.4 is 4.74 Å². The molecule has 1 amide bonds. The van der Waals surface area contributed by atoms with Gasteiger partial charge in [-0.05, 0) is 44.4 Å². The van der Waals surface area contributed by atoms with Gasteiger partial charge >= 0.3 is 12.2 Å². The number of H-pyrrole nitrogens is 1. The van der Waals surface area contributed by atoms with Crippen molar-refractivity contribution >= 4 is 5.91 Å². The molecule has 2 fully saturated rings. The van der Waals surface area contributed by atoms with Gasteiger partial charge in [-0.1, -0.05) is 18.2 Å². The van der Waals surface area contributed by atoms with Crippen molar-refractivity contribution in [3.05, 3.63) is 59.5 Å². The van der Waals surface area contributed by atoms with E-state index in [1.807, 2.05) is 36.1 Å². The fourth-order valence-electron chi connectivity index (χ4n) is 4.95. The largest absolute Gasteiger partial charge is 0.463 e. The molecule has 2 saturated heterocycles. The van der Waals surface area contributed by atoms with Gasteiger partial charge in [-0.2, -0.15) is 23.3 Å². The van der Waals surface area contributed by atoms with E-state index >= 15 is 0 Å². The molecule has 2 aliphatic heterocycles. The van der Waals surface area contributed by atoms with Gasteiger partial charge < -0.3 is 9.64 Å². The molecule has 4 heterocycles. The summed E-state index contributed by atoms with van der Waals surface area (Å²) in [5.74, 6) is -0.0535. The lowest BCUT2D eigenvalue weighted by molar-refractivity contribution is -0.141. The predicted molar refractivity (Wildman–Crippen MR) is 112 cm³/mol.